The minimum atomic E-state index is -0.195. The van der Waals surface area contributed by atoms with Crippen LogP contribution in [-0.2, 0) is 27.1 Å². The predicted molar refractivity (Wildman–Crippen MR) is 221 cm³/mol. The molecule has 0 aromatic heterocycles. The third-order valence-electron chi connectivity index (χ3n) is 15.4. The van der Waals surface area contributed by atoms with E-state index in [0.29, 0.717) is 6.04 Å². The molecule has 5 aromatic rings. The third kappa shape index (κ3) is 3.10. The molecule has 0 N–H and O–H groups in total. The molecule has 12 rings (SSSR count). The van der Waals surface area contributed by atoms with Gasteiger partial charge in [-0.1, -0.05) is 142 Å². The van der Waals surface area contributed by atoms with Gasteiger partial charge in [0.05, 0.1) is 28.8 Å². The Hall–Kier alpha value is -4.82. The van der Waals surface area contributed by atoms with Crippen LogP contribution in [0.3, 0.4) is 0 Å². The van der Waals surface area contributed by atoms with Crippen LogP contribution in [-0.4, -0.2) is 6.04 Å². The second-order valence-electron chi connectivity index (χ2n) is 19.7. The number of rotatable bonds is 0. The van der Waals surface area contributed by atoms with Crippen molar-refractivity contribution in [3.8, 4) is 11.1 Å². The van der Waals surface area contributed by atoms with Gasteiger partial charge in [0, 0.05) is 38.3 Å². The van der Waals surface area contributed by atoms with Gasteiger partial charge in [-0.3, -0.25) is 0 Å². The molecule has 0 fully saturated rings. The minimum Gasteiger partial charge on any atom is -0.333 e. The number of hydrogen-bond donors (Lipinski definition) is 0. The van der Waals surface area contributed by atoms with Crippen molar-refractivity contribution in [2.75, 3.05) is 9.80 Å². The highest BCUT2D eigenvalue weighted by atomic mass is 15.2. The molecule has 2 nitrogen and oxygen atoms in total. The third-order valence-corrected chi connectivity index (χ3v) is 15.4. The van der Waals surface area contributed by atoms with Crippen molar-refractivity contribution < 1.29 is 0 Å². The maximum absolute atomic E-state index is 2.74. The van der Waals surface area contributed by atoms with Gasteiger partial charge in [0.1, 0.15) is 0 Å². The molecule has 1 unspecified atom stereocenters. The average molecular weight is 689 g/mol. The monoisotopic (exact) mass is 688 g/mol. The van der Waals surface area contributed by atoms with Crippen LogP contribution in [0.5, 0.6) is 0 Å². The van der Waals surface area contributed by atoms with Gasteiger partial charge >= 0.3 is 0 Å². The summed E-state index contributed by atoms with van der Waals surface area (Å²) >= 11 is 0. The Balaban J connectivity index is 1.19. The first-order chi connectivity index (χ1) is 25.1. The Bertz CT molecular complexity index is 2670. The number of benzene rings is 5. The quantitative estimate of drug-likeness (QED) is 0.160. The molecule has 53 heavy (non-hydrogen) atoms. The van der Waals surface area contributed by atoms with Gasteiger partial charge in [0.25, 0.3) is 0 Å². The fourth-order valence-corrected chi connectivity index (χ4v) is 12.6. The van der Waals surface area contributed by atoms with Crippen molar-refractivity contribution in [1.82, 2.24) is 0 Å². The number of fused-ring (bicyclic) bond motifs is 9. The molecule has 0 saturated carbocycles. The van der Waals surface area contributed by atoms with Crippen LogP contribution in [0.1, 0.15) is 137 Å². The lowest BCUT2D eigenvalue weighted by Crippen LogP contribution is -2.44. The first kappa shape index (κ1) is 30.6. The maximum atomic E-state index is 2.74. The van der Waals surface area contributed by atoms with Crippen LogP contribution in [0.15, 0.2) is 91.0 Å². The number of anilines is 5. The molecule has 0 bridgehead atoms. The number of para-hydroxylation sites is 3. The van der Waals surface area contributed by atoms with E-state index in [9.17, 15) is 0 Å². The average Bonchev–Trinajstić information content (AvgIpc) is 3.57. The minimum absolute atomic E-state index is 0.0946. The molecule has 1 atom stereocenters. The molecule has 0 amide bonds. The molecule has 0 radical (unpaired) electrons. The van der Waals surface area contributed by atoms with Crippen LogP contribution in [0, 0.1) is 0 Å². The van der Waals surface area contributed by atoms with Gasteiger partial charge in [0.15, 0.2) is 0 Å². The first-order valence-corrected chi connectivity index (χ1v) is 19.9. The van der Waals surface area contributed by atoms with E-state index < -0.39 is 0 Å². The van der Waals surface area contributed by atoms with Crippen LogP contribution < -0.4 is 9.80 Å². The van der Waals surface area contributed by atoms with E-state index >= 15 is 0 Å². The molecule has 2 heteroatoms. The Labute approximate surface area is 314 Å². The zero-order valence-electron chi connectivity index (χ0n) is 32.8. The number of hydrogen-bond acceptors (Lipinski definition) is 2. The van der Waals surface area contributed by atoms with Gasteiger partial charge in [0.2, 0.25) is 0 Å². The second-order valence-corrected chi connectivity index (χ2v) is 19.7. The molecular weight excluding hydrogens is 641 g/mol. The molecule has 5 aromatic carbocycles. The van der Waals surface area contributed by atoms with Crippen molar-refractivity contribution in [3.63, 3.8) is 0 Å². The molecule has 262 valence electrons. The summed E-state index contributed by atoms with van der Waals surface area (Å²) in [6.45, 7) is 24.9. The van der Waals surface area contributed by atoms with E-state index in [0.717, 1.165) is 6.42 Å². The fourth-order valence-electron chi connectivity index (χ4n) is 12.6. The predicted octanol–water partition coefficient (Wildman–Crippen LogP) is 12.9. The van der Waals surface area contributed by atoms with E-state index in [1.165, 1.54) is 106 Å². The van der Waals surface area contributed by atoms with Crippen molar-refractivity contribution in [2.45, 2.75) is 109 Å². The summed E-state index contributed by atoms with van der Waals surface area (Å²) in [6, 6.07) is 29.6. The van der Waals surface area contributed by atoms with Gasteiger partial charge in [-0.05, 0) is 97.0 Å². The van der Waals surface area contributed by atoms with Crippen molar-refractivity contribution in [3.05, 3.63) is 152 Å². The van der Waals surface area contributed by atoms with Gasteiger partial charge < -0.3 is 9.80 Å². The zero-order chi connectivity index (χ0) is 36.5. The summed E-state index contributed by atoms with van der Waals surface area (Å²) in [7, 11) is 0. The number of nitrogens with zero attached hydrogens (tertiary/aromatic N) is 2. The molecule has 7 aliphatic rings. The zero-order valence-corrected chi connectivity index (χ0v) is 32.8. The SMILES string of the molecule is CC1(C)c2cccc3c2N2c4c1cccc4C(C)(C)c1c2c(cc2c1C(C)(C)c1cc4c(cc1-2)C(C)(C)c1cccc2c1N4C1CC=CC=C21)C3(C)C. The van der Waals surface area contributed by atoms with Gasteiger partial charge in [-0.15, -0.1) is 0 Å². The molecule has 5 aliphatic heterocycles. The molecule has 0 saturated heterocycles. The fraction of sp³-hybridized carbons (Fsp3) is 0.333. The van der Waals surface area contributed by atoms with Gasteiger partial charge in [-0.2, -0.15) is 0 Å². The Morgan fingerprint density at radius 2 is 1.00 bits per heavy atom. The summed E-state index contributed by atoms with van der Waals surface area (Å²) in [4.78, 5) is 5.47. The van der Waals surface area contributed by atoms with E-state index in [1.807, 2.05) is 0 Å². The smallest absolute Gasteiger partial charge is 0.0633 e. The van der Waals surface area contributed by atoms with Crippen LogP contribution in [0.25, 0.3) is 16.7 Å². The number of allylic oxidation sites excluding steroid dienone is 2. The summed E-state index contributed by atoms with van der Waals surface area (Å²) in [5.74, 6) is 0. The van der Waals surface area contributed by atoms with Gasteiger partial charge in [-0.25, -0.2) is 0 Å². The van der Waals surface area contributed by atoms with Crippen molar-refractivity contribution >= 4 is 34.0 Å². The summed E-state index contributed by atoms with van der Waals surface area (Å²) in [5, 5.41) is 0. The topological polar surface area (TPSA) is 6.48 Å². The van der Waals surface area contributed by atoms with Crippen LogP contribution in [0.4, 0.5) is 28.4 Å². The second kappa shape index (κ2) is 8.76. The van der Waals surface area contributed by atoms with E-state index in [2.05, 4.69) is 170 Å². The Morgan fingerprint density at radius 1 is 0.472 bits per heavy atom. The normalized spacial score (nSPS) is 23.0. The first-order valence-electron chi connectivity index (χ1n) is 19.9. The Kier molecular flexibility index (Phi) is 5.06. The lowest BCUT2D eigenvalue weighted by atomic mass is 9.59. The molecule has 5 heterocycles. The lowest BCUT2D eigenvalue weighted by Gasteiger charge is -2.56. The van der Waals surface area contributed by atoms with E-state index in [-0.39, 0.29) is 27.1 Å². The Morgan fingerprint density at radius 3 is 1.66 bits per heavy atom. The van der Waals surface area contributed by atoms with E-state index in [4.69, 9.17) is 0 Å². The summed E-state index contributed by atoms with van der Waals surface area (Å²) in [6.07, 6.45) is 8.03. The summed E-state index contributed by atoms with van der Waals surface area (Å²) < 4.78 is 0. The molecule has 2 aliphatic carbocycles. The highest BCUT2D eigenvalue weighted by molar-refractivity contribution is 6.03. The maximum Gasteiger partial charge on any atom is 0.0633 e. The van der Waals surface area contributed by atoms with Crippen LogP contribution >= 0.6 is 0 Å². The van der Waals surface area contributed by atoms with Crippen LogP contribution in [0.2, 0.25) is 0 Å². The standard InChI is InChI=1S/C51H48N2/c1-47(2)32-19-14-21-34-44(32)53-45-33(47)20-15-22-35(45)50(7,8)42-41-30(25-38(46(42)53)49(34,5)6)29-24-37-40(26-36(29)51(41,9)10)52-39-23-12-11-16-27(39)28-17-13-18-31(43(28)52)48(37,3)4/h11-22,24-26,39H,23H2,1-10H3. The molecular formula is C51H48N2. The van der Waals surface area contributed by atoms with Crippen molar-refractivity contribution in [2.24, 2.45) is 0 Å². The van der Waals surface area contributed by atoms with E-state index in [1.54, 1.807) is 0 Å². The highest BCUT2D eigenvalue weighted by Gasteiger charge is 2.56. The highest BCUT2D eigenvalue weighted by Crippen LogP contribution is 2.70. The lowest BCUT2D eigenvalue weighted by molar-refractivity contribution is 0.550. The molecule has 0 spiro atoms. The summed E-state index contributed by atoms with van der Waals surface area (Å²) in [5.41, 5.74) is 26.8. The van der Waals surface area contributed by atoms with Crippen molar-refractivity contribution in [1.29, 1.82) is 0 Å². The largest absolute Gasteiger partial charge is 0.333 e.